The topological polar surface area (TPSA) is 64.1 Å². The Kier molecular flexibility index (Phi) is 5.92. The second-order valence-corrected chi connectivity index (χ2v) is 10.3. The number of hydrogen-bond acceptors (Lipinski definition) is 4. The van der Waals surface area contributed by atoms with Crippen molar-refractivity contribution in [1.82, 2.24) is 4.98 Å². The average molecular weight is 428 g/mol. The molecule has 2 aromatic carbocycles. The van der Waals surface area contributed by atoms with Crippen molar-refractivity contribution in [2.45, 2.75) is 36.8 Å². The number of sulfone groups is 1. The van der Waals surface area contributed by atoms with Crippen LogP contribution >= 0.6 is 11.6 Å². The number of rotatable bonds is 5. The predicted octanol–water partition coefficient (Wildman–Crippen LogP) is 5.24. The molecule has 0 radical (unpaired) electrons. The van der Waals surface area contributed by atoms with E-state index in [2.05, 4.69) is 25.8 Å². The monoisotopic (exact) mass is 427 g/mol. The SMILES string of the molecule is CC(C)(C)c1ccc(S(=O)(=O)Cc2ccc(Cl)cc2C(=O)c2ccncc2)cc1. The van der Waals surface area contributed by atoms with Gasteiger partial charge in [-0.2, -0.15) is 0 Å². The van der Waals surface area contributed by atoms with Crippen LogP contribution in [0.3, 0.4) is 0 Å². The van der Waals surface area contributed by atoms with E-state index >= 15 is 0 Å². The summed E-state index contributed by atoms with van der Waals surface area (Å²) < 4.78 is 26.0. The molecular formula is C23H22ClNO3S. The molecule has 4 nitrogen and oxygen atoms in total. The van der Waals surface area contributed by atoms with E-state index in [0.29, 0.717) is 16.1 Å². The van der Waals surface area contributed by atoms with E-state index in [-0.39, 0.29) is 27.4 Å². The van der Waals surface area contributed by atoms with Crippen LogP contribution in [-0.2, 0) is 21.0 Å². The van der Waals surface area contributed by atoms with Crippen LogP contribution in [0.4, 0.5) is 0 Å². The van der Waals surface area contributed by atoms with E-state index in [0.717, 1.165) is 5.56 Å². The van der Waals surface area contributed by atoms with Gasteiger partial charge in [0.25, 0.3) is 0 Å². The van der Waals surface area contributed by atoms with Crippen molar-refractivity contribution >= 4 is 27.2 Å². The van der Waals surface area contributed by atoms with Gasteiger partial charge in [-0.1, -0.05) is 50.6 Å². The molecule has 0 aliphatic heterocycles. The van der Waals surface area contributed by atoms with Crippen molar-refractivity contribution in [2.75, 3.05) is 0 Å². The first-order chi connectivity index (χ1) is 13.6. The summed E-state index contributed by atoms with van der Waals surface area (Å²) in [5.74, 6) is -0.575. The van der Waals surface area contributed by atoms with Crippen molar-refractivity contribution in [1.29, 1.82) is 0 Å². The molecule has 29 heavy (non-hydrogen) atoms. The van der Waals surface area contributed by atoms with E-state index < -0.39 is 9.84 Å². The standard InChI is InChI=1S/C23H22ClNO3S/c1-23(2,3)18-5-8-20(9-6-18)29(27,28)15-17-4-7-19(24)14-21(17)22(26)16-10-12-25-13-11-16/h4-14H,15H2,1-3H3. The summed E-state index contributed by atoms with van der Waals surface area (Å²) in [4.78, 5) is 17.1. The highest BCUT2D eigenvalue weighted by atomic mass is 35.5. The summed E-state index contributed by atoms with van der Waals surface area (Å²) in [7, 11) is -3.63. The Morgan fingerprint density at radius 1 is 0.966 bits per heavy atom. The van der Waals surface area contributed by atoms with Crippen molar-refractivity contribution in [3.05, 3.63) is 94.3 Å². The largest absolute Gasteiger partial charge is 0.289 e. The highest BCUT2D eigenvalue weighted by Crippen LogP contribution is 2.27. The van der Waals surface area contributed by atoms with Gasteiger partial charge in [-0.15, -0.1) is 0 Å². The lowest BCUT2D eigenvalue weighted by atomic mass is 9.87. The van der Waals surface area contributed by atoms with Gasteiger partial charge < -0.3 is 0 Å². The first-order valence-corrected chi connectivity index (χ1v) is 11.2. The van der Waals surface area contributed by atoms with E-state index in [1.54, 1.807) is 36.4 Å². The maximum atomic E-state index is 13.0. The fourth-order valence-corrected chi connectivity index (χ4v) is 4.55. The zero-order valence-corrected chi connectivity index (χ0v) is 18.1. The molecular weight excluding hydrogens is 406 g/mol. The van der Waals surface area contributed by atoms with Crippen LogP contribution in [0.5, 0.6) is 0 Å². The maximum Gasteiger partial charge on any atom is 0.193 e. The Bertz CT molecular complexity index is 1130. The molecule has 3 rings (SSSR count). The van der Waals surface area contributed by atoms with Gasteiger partial charge in [0, 0.05) is 28.5 Å². The third-order valence-corrected chi connectivity index (χ3v) is 6.60. The van der Waals surface area contributed by atoms with Crippen LogP contribution in [0.2, 0.25) is 5.02 Å². The van der Waals surface area contributed by atoms with Crippen LogP contribution in [0.25, 0.3) is 0 Å². The average Bonchev–Trinajstić information content (AvgIpc) is 2.69. The number of hydrogen-bond donors (Lipinski definition) is 0. The number of carbonyl (C=O) groups is 1. The number of carbonyl (C=O) groups excluding carboxylic acids is 1. The summed E-state index contributed by atoms with van der Waals surface area (Å²) in [6, 6.07) is 14.8. The summed E-state index contributed by atoms with van der Waals surface area (Å²) in [5, 5.41) is 0.373. The second-order valence-electron chi connectivity index (χ2n) is 7.90. The first kappa shape index (κ1) is 21.2. The molecule has 1 aromatic heterocycles. The molecule has 150 valence electrons. The van der Waals surface area contributed by atoms with Crippen molar-refractivity contribution < 1.29 is 13.2 Å². The van der Waals surface area contributed by atoms with E-state index in [1.165, 1.54) is 18.5 Å². The molecule has 0 fully saturated rings. The van der Waals surface area contributed by atoms with Crippen LogP contribution in [0, 0.1) is 0 Å². The quantitative estimate of drug-likeness (QED) is 0.522. The summed E-state index contributed by atoms with van der Waals surface area (Å²) in [5.41, 5.74) is 2.10. The molecule has 0 N–H and O–H groups in total. The predicted molar refractivity (Wildman–Crippen MR) is 115 cm³/mol. The van der Waals surface area contributed by atoms with Gasteiger partial charge in [-0.05, 0) is 52.9 Å². The normalized spacial score (nSPS) is 12.0. The zero-order chi connectivity index (χ0) is 21.2. The Morgan fingerprint density at radius 2 is 1.59 bits per heavy atom. The van der Waals surface area contributed by atoms with E-state index in [9.17, 15) is 13.2 Å². The van der Waals surface area contributed by atoms with Gasteiger partial charge in [-0.3, -0.25) is 9.78 Å². The maximum absolute atomic E-state index is 13.0. The van der Waals surface area contributed by atoms with E-state index in [4.69, 9.17) is 11.6 Å². The Hall–Kier alpha value is -2.50. The van der Waals surface area contributed by atoms with Crippen molar-refractivity contribution in [2.24, 2.45) is 0 Å². The second kappa shape index (κ2) is 8.09. The smallest absolute Gasteiger partial charge is 0.193 e. The minimum atomic E-state index is -3.63. The third kappa shape index (κ3) is 4.92. The number of aromatic nitrogens is 1. The van der Waals surface area contributed by atoms with Crippen molar-refractivity contribution in [3.63, 3.8) is 0 Å². The lowest BCUT2D eigenvalue weighted by molar-refractivity contribution is 0.103. The minimum absolute atomic E-state index is 0.0669. The third-order valence-electron chi connectivity index (χ3n) is 4.68. The molecule has 3 aromatic rings. The number of nitrogens with zero attached hydrogens (tertiary/aromatic N) is 1. The summed E-state index contributed by atoms with van der Waals surface area (Å²) in [6.45, 7) is 6.21. The Morgan fingerprint density at radius 3 is 2.17 bits per heavy atom. The zero-order valence-electron chi connectivity index (χ0n) is 16.5. The van der Waals surface area contributed by atoms with Gasteiger partial charge >= 0.3 is 0 Å². The lowest BCUT2D eigenvalue weighted by Gasteiger charge is -2.19. The van der Waals surface area contributed by atoms with E-state index in [1.807, 2.05) is 12.1 Å². The molecule has 1 heterocycles. The highest BCUT2D eigenvalue weighted by molar-refractivity contribution is 7.90. The lowest BCUT2D eigenvalue weighted by Crippen LogP contribution is -2.13. The van der Waals surface area contributed by atoms with Gasteiger partial charge in [0.1, 0.15) is 0 Å². The van der Waals surface area contributed by atoms with Gasteiger partial charge in [-0.25, -0.2) is 8.42 Å². The Labute approximate surface area is 176 Å². The number of halogens is 1. The minimum Gasteiger partial charge on any atom is -0.289 e. The molecule has 0 aliphatic rings. The molecule has 0 saturated heterocycles. The number of benzene rings is 2. The van der Waals surface area contributed by atoms with Crippen LogP contribution in [-0.4, -0.2) is 19.2 Å². The summed E-state index contributed by atoms with van der Waals surface area (Å²) in [6.07, 6.45) is 3.04. The molecule has 6 heteroatoms. The highest BCUT2D eigenvalue weighted by Gasteiger charge is 2.22. The van der Waals surface area contributed by atoms with Gasteiger partial charge in [0.05, 0.1) is 10.6 Å². The number of ketones is 1. The van der Waals surface area contributed by atoms with Crippen LogP contribution in [0.1, 0.15) is 47.8 Å². The fourth-order valence-electron chi connectivity index (χ4n) is 3.00. The molecule has 0 bridgehead atoms. The van der Waals surface area contributed by atoms with Gasteiger partial charge in [0.15, 0.2) is 15.6 Å². The first-order valence-electron chi connectivity index (χ1n) is 9.14. The summed E-state index contributed by atoms with van der Waals surface area (Å²) >= 11 is 6.08. The van der Waals surface area contributed by atoms with Gasteiger partial charge in [0.2, 0.25) is 0 Å². The molecule has 0 saturated carbocycles. The molecule has 0 aliphatic carbocycles. The van der Waals surface area contributed by atoms with Crippen molar-refractivity contribution in [3.8, 4) is 0 Å². The Balaban J connectivity index is 1.96. The van der Waals surface area contributed by atoms with Crippen LogP contribution < -0.4 is 0 Å². The number of pyridine rings is 1. The molecule has 0 spiro atoms. The van der Waals surface area contributed by atoms with Crippen LogP contribution in [0.15, 0.2) is 71.9 Å². The molecule has 0 unspecified atom stereocenters. The molecule has 0 atom stereocenters. The molecule has 0 amide bonds. The fraction of sp³-hybridized carbons (Fsp3) is 0.217.